The normalized spacial score (nSPS) is 24.5. The molecule has 1 aliphatic rings. The molecule has 0 spiro atoms. The van der Waals surface area contributed by atoms with E-state index in [9.17, 15) is 9.59 Å². The number of amides is 3. The number of benzene rings is 1. The van der Waals surface area contributed by atoms with Crippen LogP contribution >= 0.6 is 0 Å². The van der Waals surface area contributed by atoms with Crippen molar-refractivity contribution in [2.24, 2.45) is 17.4 Å². The van der Waals surface area contributed by atoms with Crippen molar-refractivity contribution in [3.05, 3.63) is 29.8 Å². The number of primary amides is 1. The zero-order valence-electron chi connectivity index (χ0n) is 12.9. The van der Waals surface area contributed by atoms with Gasteiger partial charge in [-0.3, -0.25) is 4.79 Å². The standard InChI is InChI=1S/C16H24N4O2/c1-16(18)9-3-2-4-13(16)14(21)19-10-11-5-7-12(8-6-11)20-15(17)22/h5-8,13H,2-4,9-10,18H2,1H3,(H,19,21)(H3,17,20,22). The molecular weight excluding hydrogens is 280 g/mol. The minimum Gasteiger partial charge on any atom is -0.352 e. The van der Waals surface area contributed by atoms with E-state index in [0.29, 0.717) is 12.2 Å². The molecule has 6 heteroatoms. The van der Waals surface area contributed by atoms with Crippen LogP contribution in [0.2, 0.25) is 0 Å². The summed E-state index contributed by atoms with van der Waals surface area (Å²) >= 11 is 0. The predicted molar refractivity (Wildman–Crippen MR) is 86.0 cm³/mol. The maximum absolute atomic E-state index is 12.3. The largest absolute Gasteiger partial charge is 0.352 e. The van der Waals surface area contributed by atoms with Crippen LogP contribution in [-0.4, -0.2) is 17.5 Å². The zero-order valence-corrected chi connectivity index (χ0v) is 12.9. The molecule has 3 amide bonds. The minimum atomic E-state index is -0.597. The fourth-order valence-corrected chi connectivity index (χ4v) is 2.95. The molecule has 1 aromatic carbocycles. The van der Waals surface area contributed by atoms with E-state index in [1.807, 2.05) is 19.1 Å². The molecule has 0 saturated heterocycles. The molecule has 0 radical (unpaired) electrons. The first kappa shape index (κ1) is 16.3. The van der Waals surface area contributed by atoms with Crippen molar-refractivity contribution in [3.63, 3.8) is 0 Å². The van der Waals surface area contributed by atoms with Gasteiger partial charge in [0.2, 0.25) is 5.91 Å². The lowest BCUT2D eigenvalue weighted by molar-refractivity contribution is -0.128. The second-order valence-corrected chi connectivity index (χ2v) is 6.21. The van der Waals surface area contributed by atoms with Gasteiger partial charge in [-0.25, -0.2) is 4.79 Å². The van der Waals surface area contributed by atoms with E-state index in [1.54, 1.807) is 12.1 Å². The third-order valence-electron chi connectivity index (χ3n) is 4.26. The van der Waals surface area contributed by atoms with E-state index in [1.165, 1.54) is 0 Å². The number of hydrogen-bond acceptors (Lipinski definition) is 3. The van der Waals surface area contributed by atoms with Gasteiger partial charge in [-0.05, 0) is 37.5 Å². The smallest absolute Gasteiger partial charge is 0.316 e. The molecule has 1 saturated carbocycles. The Morgan fingerprint density at radius 2 is 1.95 bits per heavy atom. The topological polar surface area (TPSA) is 110 Å². The number of nitrogens with one attached hydrogen (secondary N) is 2. The molecule has 6 nitrogen and oxygen atoms in total. The molecule has 22 heavy (non-hydrogen) atoms. The number of rotatable bonds is 4. The van der Waals surface area contributed by atoms with Gasteiger partial charge in [0.05, 0.1) is 5.92 Å². The van der Waals surface area contributed by atoms with Crippen molar-refractivity contribution in [2.75, 3.05) is 5.32 Å². The monoisotopic (exact) mass is 304 g/mol. The van der Waals surface area contributed by atoms with Gasteiger partial charge in [0.1, 0.15) is 0 Å². The highest BCUT2D eigenvalue weighted by molar-refractivity contribution is 5.87. The van der Waals surface area contributed by atoms with Crippen LogP contribution in [0.25, 0.3) is 0 Å². The maximum Gasteiger partial charge on any atom is 0.316 e. The molecule has 0 aromatic heterocycles. The van der Waals surface area contributed by atoms with Crippen LogP contribution in [0.1, 0.15) is 38.2 Å². The van der Waals surface area contributed by atoms with E-state index in [0.717, 1.165) is 31.2 Å². The fraction of sp³-hybridized carbons (Fsp3) is 0.500. The second kappa shape index (κ2) is 6.79. The highest BCUT2D eigenvalue weighted by atomic mass is 16.2. The van der Waals surface area contributed by atoms with Crippen molar-refractivity contribution in [3.8, 4) is 0 Å². The molecule has 1 fully saturated rings. The van der Waals surface area contributed by atoms with Gasteiger partial charge in [0.25, 0.3) is 0 Å². The second-order valence-electron chi connectivity index (χ2n) is 6.21. The lowest BCUT2D eigenvalue weighted by Crippen LogP contribution is -2.52. The summed E-state index contributed by atoms with van der Waals surface area (Å²) in [5, 5.41) is 5.45. The highest BCUT2D eigenvalue weighted by Gasteiger charge is 2.37. The number of nitrogens with two attached hydrogens (primary N) is 2. The number of urea groups is 1. The van der Waals surface area contributed by atoms with Crippen molar-refractivity contribution in [1.82, 2.24) is 5.32 Å². The molecule has 120 valence electrons. The summed E-state index contributed by atoms with van der Waals surface area (Å²) < 4.78 is 0. The van der Waals surface area contributed by atoms with Crippen molar-refractivity contribution >= 4 is 17.6 Å². The van der Waals surface area contributed by atoms with Gasteiger partial charge in [0, 0.05) is 17.8 Å². The molecule has 0 aliphatic heterocycles. The number of carbonyl (C=O) groups excluding carboxylic acids is 2. The average Bonchev–Trinajstić information content (AvgIpc) is 2.45. The summed E-state index contributed by atoms with van der Waals surface area (Å²) in [6.07, 6.45) is 3.88. The third-order valence-corrected chi connectivity index (χ3v) is 4.26. The Morgan fingerprint density at radius 1 is 1.27 bits per heavy atom. The van der Waals surface area contributed by atoms with Gasteiger partial charge in [-0.2, -0.15) is 0 Å². The SMILES string of the molecule is CC1(N)CCCCC1C(=O)NCc1ccc(NC(N)=O)cc1. The summed E-state index contributed by atoms with van der Waals surface area (Å²) in [5.41, 5.74) is 12.5. The van der Waals surface area contributed by atoms with Gasteiger partial charge in [-0.1, -0.05) is 25.0 Å². The highest BCUT2D eigenvalue weighted by Crippen LogP contribution is 2.31. The van der Waals surface area contributed by atoms with Crippen molar-refractivity contribution in [1.29, 1.82) is 0 Å². The van der Waals surface area contributed by atoms with Gasteiger partial charge >= 0.3 is 6.03 Å². The fourth-order valence-electron chi connectivity index (χ4n) is 2.95. The van der Waals surface area contributed by atoms with Gasteiger partial charge in [0.15, 0.2) is 0 Å². The van der Waals surface area contributed by atoms with Gasteiger partial charge < -0.3 is 22.1 Å². The Morgan fingerprint density at radius 3 is 2.55 bits per heavy atom. The summed E-state index contributed by atoms with van der Waals surface area (Å²) in [6, 6.07) is 6.59. The van der Waals surface area contributed by atoms with E-state index in [2.05, 4.69) is 10.6 Å². The van der Waals surface area contributed by atoms with Crippen LogP contribution in [0.15, 0.2) is 24.3 Å². The molecule has 2 unspecified atom stereocenters. The number of hydrogen-bond donors (Lipinski definition) is 4. The Balaban J connectivity index is 1.89. The van der Waals surface area contributed by atoms with Crippen LogP contribution in [0, 0.1) is 5.92 Å². The number of anilines is 1. The first-order valence-electron chi connectivity index (χ1n) is 7.60. The first-order valence-corrected chi connectivity index (χ1v) is 7.60. The van der Waals surface area contributed by atoms with E-state index < -0.39 is 11.6 Å². The third kappa shape index (κ3) is 4.21. The lowest BCUT2D eigenvalue weighted by Gasteiger charge is -2.37. The van der Waals surface area contributed by atoms with Crippen LogP contribution < -0.4 is 22.1 Å². The van der Waals surface area contributed by atoms with E-state index in [4.69, 9.17) is 11.5 Å². The Bertz CT molecular complexity index is 540. The summed E-state index contributed by atoms with van der Waals surface area (Å²) in [7, 11) is 0. The van der Waals surface area contributed by atoms with E-state index >= 15 is 0 Å². The summed E-state index contributed by atoms with van der Waals surface area (Å²) in [5.74, 6) is -0.110. The maximum atomic E-state index is 12.3. The van der Waals surface area contributed by atoms with Crippen LogP contribution in [0.4, 0.5) is 10.5 Å². The van der Waals surface area contributed by atoms with E-state index in [-0.39, 0.29) is 11.8 Å². The Kier molecular flexibility index (Phi) is 5.03. The zero-order chi connectivity index (χ0) is 16.2. The molecule has 1 aromatic rings. The van der Waals surface area contributed by atoms with Crippen LogP contribution in [0.5, 0.6) is 0 Å². The number of carbonyl (C=O) groups is 2. The predicted octanol–water partition coefficient (Wildman–Crippen LogP) is 1.70. The Hall–Kier alpha value is -2.08. The average molecular weight is 304 g/mol. The van der Waals surface area contributed by atoms with Crippen LogP contribution in [-0.2, 0) is 11.3 Å². The molecule has 2 rings (SSSR count). The molecule has 2 atom stereocenters. The molecule has 6 N–H and O–H groups in total. The Labute approximate surface area is 130 Å². The molecular formula is C16H24N4O2. The van der Waals surface area contributed by atoms with Crippen molar-refractivity contribution in [2.45, 2.75) is 44.7 Å². The minimum absolute atomic E-state index is 0.0176. The summed E-state index contributed by atoms with van der Waals surface area (Å²) in [4.78, 5) is 23.1. The molecule has 1 aliphatic carbocycles. The lowest BCUT2D eigenvalue weighted by atomic mass is 9.74. The quantitative estimate of drug-likeness (QED) is 0.679. The molecule has 0 heterocycles. The van der Waals surface area contributed by atoms with Gasteiger partial charge in [-0.15, -0.1) is 0 Å². The van der Waals surface area contributed by atoms with Crippen molar-refractivity contribution < 1.29 is 9.59 Å². The molecule has 0 bridgehead atoms. The summed E-state index contributed by atoms with van der Waals surface area (Å²) in [6.45, 7) is 2.41. The van der Waals surface area contributed by atoms with Crippen LogP contribution in [0.3, 0.4) is 0 Å². The first-order chi connectivity index (χ1) is 10.4.